The van der Waals surface area contributed by atoms with Gasteiger partial charge in [-0.2, -0.15) is 0 Å². The average Bonchev–Trinajstić information content (AvgIpc) is 2.67. The Balaban J connectivity index is 1.95. The molecule has 0 saturated heterocycles. The van der Waals surface area contributed by atoms with Crippen molar-refractivity contribution in [3.8, 4) is 0 Å². The van der Waals surface area contributed by atoms with Gasteiger partial charge in [0.25, 0.3) is 0 Å². The largest absolute Gasteiger partial charge is 0.305 e. The lowest BCUT2D eigenvalue weighted by Gasteiger charge is -2.13. The summed E-state index contributed by atoms with van der Waals surface area (Å²) in [6.07, 6.45) is 0. The number of thiophene rings is 1. The molecule has 1 nitrogen and oxygen atoms in total. The molecule has 0 aliphatic carbocycles. The van der Waals surface area contributed by atoms with Crippen LogP contribution in [0.15, 0.2) is 34.8 Å². The Morgan fingerprint density at radius 2 is 1.89 bits per heavy atom. The first-order valence-electron chi connectivity index (χ1n) is 6.11. The maximum absolute atomic E-state index is 3.56. The van der Waals surface area contributed by atoms with Gasteiger partial charge in [0, 0.05) is 26.8 Å². The molecule has 1 heterocycles. The maximum Gasteiger partial charge on any atom is 0.0314 e. The highest BCUT2D eigenvalue weighted by atomic mass is 79.9. The van der Waals surface area contributed by atoms with E-state index in [4.69, 9.17) is 0 Å². The van der Waals surface area contributed by atoms with E-state index in [1.807, 2.05) is 11.3 Å². The second-order valence-electron chi connectivity index (χ2n) is 4.63. The van der Waals surface area contributed by atoms with Crippen molar-refractivity contribution in [1.29, 1.82) is 0 Å². The molecule has 0 bridgehead atoms. The van der Waals surface area contributed by atoms with Gasteiger partial charge >= 0.3 is 0 Å². The van der Waals surface area contributed by atoms with Crippen molar-refractivity contribution in [2.45, 2.75) is 33.4 Å². The van der Waals surface area contributed by atoms with Crippen molar-refractivity contribution in [2.75, 3.05) is 0 Å². The summed E-state index contributed by atoms with van der Waals surface area (Å²) in [5, 5.41) is 3.56. The van der Waals surface area contributed by atoms with Crippen molar-refractivity contribution in [1.82, 2.24) is 5.32 Å². The Morgan fingerprint density at radius 1 is 1.22 bits per heavy atom. The van der Waals surface area contributed by atoms with Gasteiger partial charge in [-0.05, 0) is 48.3 Å². The van der Waals surface area contributed by atoms with Gasteiger partial charge in [0.15, 0.2) is 0 Å². The van der Waals surface area contributed by atoms with Gasteiger partial charge in [-0.3, -0.25) is 0 Å². The van der Waals surface area contributed by atoms with Crippen LogP contribution in [0.5, 0.6) is 0 Å². The lowest BCUT2D eigenvalue weighted by atomic mass is 10.1. The molecule has 0 aliphatic heterocycles. The third-order valence-electron chi connectivity index (χ3n) is 3.07. The van der Waals surface area contributed by atoms with E-state index in [0.717, 1.165) is 6.54 Å². The fourth-order valence-electron chi connectivity index (χ4n) is 1.83. The summed E-state index contributed by atoms with van der Waals surface area (Å²) >= 11 is 5.40. The zero-order chi connectivity index (χ0) is 13.1. The summed E-state index contributed by atoms with van der Waals surface area (Å²) in [4.78, 5) is 2.72. The number of hydrogen-bond donors (Lipinski definition) is 1. The lowest BCUT2D eigenvalue weighted by Crippen LogP contribution is -2.17. The van der Waals surface area contributed by atoms with Gasteiger partial charge in [-0.15, -0.1) is 11.3 Å². The molecule has 0 saturated carbocycles. The molecule has 0 amide bonds. The normalized spacial score (nSPS) is 12.7. The predicted octanol–water partition coefficient (Wildman–Crippen LogP) is 4.98. The Bertz CT molecular complexity index is 496. The summed E-state index contributed by atoms with van der Waals surface area (Å²) < 4.78 is 1.22. The zero-order valence-corrected chi connectivity index (χ0v) is 13.4. The SMILES string of the molecule is Cc1ccc([C@H](C)NCc2cc(Br)c(C)s2)cc1. The van der Waals surface area contributed by atoms with E-state index in [0.29, 0.717) is 6.04 Å². The Hall–Kier alpha value is -0.640. The lowest BCUT2D eigenvalue weighted by molar-refractivity contribution is 0.579. The standard InChI is InChI=1S/C15H18BrNS/c1-10-4-6-13(7-5-10)11(2)17-9-14-8-15(16)12(3)18-14/h4-8,11,17H,9H2,1-3H3/t11-/m0/s1. The maximum atomic E-state index is 3.56. The number of nitrogens with one attached hydrogen (secondary N) is 1. The molecule has 2 rings (SSSR count). The quantitative estimate of drug-likeness (QED) is 0.836. The van der Waals surface area contributed by atoms with E-state index in [1.54, 1.807) is 0 Å². The van der Waals surface area contributed by atoms with Crippen LogP contribution in [-0.4, -0.2) is 0 Å². The van der Waals surface area contributed by atoms with E-state index in [-0.39, 0.29) is 0 Å². The number of halogens is 1. The van der Waals surface area contributed by atoms with Gasteiger partial charge in [0.2, 0.25) is 0 Å². The van der Waals surface area contributed by atoms with Crippen molar-refractivity contribution in [3.05, 3.63) is 55.7 Å². The van der Waals surface area contributed by atoms with Gasteiger partial charge in [0.05, 0.1) is 0 Å². The van der Waals surface area contributed by atoms with Crippen LogP contribution in [0, 0.1) is 13.8 Å². The topological polar surface area (TPSA) is 12.0 Å². The van der Waals surface area contributed by atoms with Crippen LogP contribution in [0.25, 0.3) is 0 Å². The van der Waals surface area contributed by atoms with Crippen LogP contribution in [-0.2, 0) is 6.54 Å². The highest BCUT2D eigenvalue weighted by Gasteiger charge is 2.07. The molecule has 1 aromatic heterocycles. The first kappa shape index (κ1) is 13.8. The minimum atomic E-state index is 0.381. The van der Waals surface area contributed by atoms with Crippen molar-refractivity contribution < 1.29 is 0 Å². The van der Waals surface area contributed by atoms with Crippen molar-refractivity contribution in [3.63, 3.8) is 0 Å². The van der Waals surface area contributed by atoms with Crippen molar-refractivity contribution >= 4 is 27.3 Å². The molecule has 0 aliphatic rings. The van der Waals surface area contributed by atoms with E-state index >= 15 is 0 Å². The molecule has 1 N–H and O–H groups in total. The van der Waals surface area contributed by atoms with Crippen LogP contribution in [0.1, 0.15) is 33.8 Å². The van der Waals surface area contributed by atoms with Crippen LogP contribution >= 0.6 is 27.3 Å². The van der Waals surface area contributed by atoms with E-state index < -0.39 is 0 Å². The zero-order valence-electron chi connectivity index (χ0n) is 11.0. The molecule has 96 valence electrons. The van der Waals surface area contributed by atoms with Crippen LogP contribution in [0.2, 0.25) is 0 Å². The summed E-state index contributed by atoms with van der Waals surface area (Å²) in [7, 11) is 0. The highest BCUT2D eigenvalue weighted by molar-refractivity contribution is 9.10. The monoisotopic (exact) mass is 323 g/mol. The molecular formula is C15H18BrNS. The van der Waals surface area contributed by atoms with E-state index in [9.17, 15) is 0 Å². The fourth-order valence-corrected chi connectivity index (χ4v) is 3.38. The highest BCUT2D eigenvalue weighted by Crippen LogP contribution is 2.26. The van der Waals surface area contributed by atoms with Crippen LogP contribution in [0.4, 0.5) is 0 Å². The minimum Gasteiger partial charge on any atom is -0.305 e. The van der Waals surface area contributed by atoms with Gasteiger partial charge in [0.1, 0.15) is 0 Å². The molecule has 0 fully saturated rings. The summed E-state index contributed by atoms with van der Waals surface area (Å²) in [6, 6.07) is 11.3. The second kappa shape index (κ2) is 6.00. The van der Waals surface area contributed by atoms with Gasteiger partial charge in [-0.25, -0.2) is 0 Å². The minimum absolute atomic E-state index is 0.381. The number of benzene rings is 1. The molecule has 0 spiro atoms. The number of aryl methyl sites for hydroxylation is 2. The third kappa shape index (κ3) is 3.44. The predicted molar refractivity (Wildman–Crippen MR) is 83.2 cm³/mol. The van der Waals surface area contributed by atoms with E-state index in [2.05, 4.69) is 72.3 Å². The molecule has 0 radical (unpaired) electrons. The Labute approximate surface area is 121 Å². The summed E-state index contributed by atoms with van der Waals surface area (Å²) in [5.41, 5.74) is 2.65. The average molecular weight is 324 g/mol. The van der Waals surface area contributed by atoms with Crippen LogP contribution in [0.3, 0.4) is 0 Å². The summed E-state index contributed by atoms with van der Waals surface area (Å²) in [6.45, 7) is 7.39. The Kier molecular flexibility index (Phi) is 4.60. The molecule has 1 atom stereocenters. The molecule has 0 unspecified atom stereocenters. The first-order chi connectivity index (χ1) is 8.56. The van der Waals surface area contributed by atoms with Crippen LogP contribution < -0.4 is 5.32 Å². The van der Waals surface area contributed by atoms with Crippen molar-refractivity contribution in [2.24, 2.45) is 0 Å². The molecule has 1 aromatic carbocycles. The van der Waals surface area contributed by atoms with Gasteiger partial charge in [-0.1, -0.05) is 29.8 Å². The number of hydrogen-bond acceptors (Lipinski definition) is 2. The third-order valence-corrected chi connectivity index (χ3v) is 5.20. The molecule has 2 aromatic rings. The Morgan fingerprint density at radius 3 is 2.44 bits per heavy atom. The molecule has 3 heteroatoms. The van der Waals surface area contributed by atoms with E-state index in [1.165, 1.54) is 25.4 Å². The first-order valence-corrected chi connectivity index (χ1v) is 7.72. The fraction of sp³-hybridized carbons (Fsp3) is 0.333. The van der Waals surface area contributed by atoms with Gasteiger partial charge < -0.3 is 5.32 Å². The summed E-state index contributed by atoms with van der Waals surface area (Å²) in [5.74, 6) is 0. The second-order valence-corrected chi connectivity index (χ2v) is 6.83. The molecule has 18 heavy (non-hydrogen) atoms. The molecular weight excluding hydrogens is 306 g/mol. The number of rotatable bonds is 4. The smallest absolute Gasteiger partial charge is 0.0314 e.